The van der Waals surface area contributed by atoms with Gasteiger partial charge in [0.2, 0.25) is 0 Å². The molecule has 0 rings (SSSR count). The molecule has 0 fully saturated rings. The van der Waals surface area contributed by atoms with Crippen LogP contribution in [0.4, 0.5) is 0 Å². The second-order valence-corrected chi connectivity index (χ2v) is 4.97. The van der Waals surface area contributed by atoms with Crippen molar-refractivity contribution in [3.63, 3.8) is 0 Å². The fraction of sp³-hybridized carbons (Fsp3) is 0.750. The largest absolute Gasteiger partial charge is 0.469 e. The van der Waals surface area contributed by atoms with Crippen LogP contribution in [0.15, 0.2) is 0 Å². The molecule has 0 N–H and O–H groups in total. The van der Waals surface area contributed by atoms with Crippen molar-refractivity contribution < 1.29 is 32.7 Å². The Bertz CT molecular complexity index is 301. The molecule has 0 aromatic carbocycles. The minimum absolute atomic E-state index is 0.385. The Kier molecular flexibility index (Phi) is 6.25. The van der Waals surface area contributed by atoms with Gasteiger partial charge >= 0.3 is 19.5 Å². The summed E-state index contributed by atoms with van der Waals surface area (Å²) in [7, 11) is 0.0955. The van der Waals surface area contributed by atoms with Crippen LogP contribution in [0.1, 0.15) is 6.42 Å². The molecule has 0 saturated carbocycles. The van der Waals surface area contributed by atoms with Gasteiger partial charge in [-0.3, -0.25) is 13.9 Å². The molecule has 0 radical (unpaired) electrons. The SMILES string of the molecule is COC(=O)CC(OP(C)(=O)OC)C(=O)OC. The summed E-state index contributed by atoms with van der Waals surface area (Å²) in [5.74, 6) is -1.49. The average Bonchev–Trinajstić information content (AvgIpc) is 2.26. The van der Waals surface area contributed by atoms with Crippen molar-refractivity contribution in [2.24, 2.45) is 0 Å². The smallest absolute Gasteiger partial charge is 0.336 e. The zero-order valence-electron chi connectivity index (χ0n) is 9.59. The van der Waals surface area contributed by atoms with Gasteiger partial charge in [-0.25, -0.2) is 4.79 Å². The molecule has 0 bridgehead atoms. The molecule has 0 spiro atoms. The maximum atomic E-state index is 11.5. The minimum Gasteiger partial charge on any atom is -0.469 e. The molecule has 0 heterocycles. The van der Waals surface area contributed by atoms with E-state index in [0.29, 0.717) is 0 Å². The first-order chi connectivity index (χ1) is 7.36. The Morgan fingerprint density at radius 1 is 1.19 bits per heavy atom. The zero-order chi connectivity index (χ0) is 12.8. The van der Waals surface area contributed by atoms with E-state index in [1.54, 1.807) is 0 Å². The predicted octanol–water partition coefficient (Wildman–Crippen LogP) is 0.577. The maximum absolute atomic E-state index is 11.5. The monoisotopic (exact) mass is 254 g/mol. The minimum atomic E-state index is -3.37. The summed E-state index contributed by atoms with van der Waals surface area (Å²) in [5.41, 5.74) is 0. The van der Waals surface area contributed by atoms with Gasteiger partial charge in [-0.2, -0.15) is 0 Å². The third-order valence-electron chi connectivity index (χ3n) is 1.69. The molecular weight excluding hydrogens is 239 g/mol. The quantitative estimate of drug-likeness (QED) is 0.506. The van der Waals surface area contributed by atoms with Crippen molar-refractivity contribution >= 4 is 19.5 Å². The lowest BCUT2D eigenvalue weighted by atomic mass is 10.2. The van der Waals surface area contributed by atoms with Crippen LogP contribution in [0.25, 0.3) is 0 Å². The van der Waals surface area contributed by atoms with Crippen molar-refractivity contribution in [3.8, 4) is 0 Å². The van der Waals surface area contributed by atoms with E-state index in [9.17, 15) is 14.2 Å². The predicted molar refractivity (Wildman–Crippen MR) is 54.1 cm³/mol. The molecule has 0 aliphatic rings. The molecule has 0 aromatic rings. The number of methoxy groups -OCH3 is 2. The normalized spacial score (nSPS) is 16.0. The van der Waals surface area contributed by atoms with Crippen molar-refractivity contribution in [2.45, 2.75) is 12.5 Å². The van der Waals surface area contributed by atoms with E-state index in [1.807, 2.05) is 0 Å². The van der Waals surface area contributed by atoms with Crippen LogP contribution in [0.5, 0.6) is 0 Å². The molecule has 7 nitrogen and oxygen atoms in total. The Balaban J connectivity index is 4.62. The fourth-order valence-electron chi connectivity index (χ4n) is 0.804. The number of rotatable bonds is 6. The molecule has 0 saturated heterocycles. The first-order valence-electron chi connectivity index (χ1n) is 4.32. The number of ether oxygens (including phenoxy) is 2. The summed E-state index contributed by atoms with van der Waals surface area (Å²) in [6.45, 7) is 1.18. The lowest BCUT2D eigenvalue weighted by Gasteiger charge is -2.18. The van der Waals surface area contributed by atoms with Gasteiger partial charge in [-0.1, -0.05) is 0 Å². The number of hydrogen-bond acceptors (Lipinski definition) is 7. The number of carbonyl (C=O) groups excluding carboxylic acids is 2. The maximum Gasteiger partial charge on any atom is 0.336 e. The number of esters is 2. The van der Waals surface area contributed by atoms with Gasteiger partial charge in [0.15, 0.2) is 6.10 Å². The first-order valence-corrected chi connectivity index (χ1v) is 6.31. The average molecular weight is 254 g/mol. The first kappa shape index (κ1) is 15.1. The van der Waals surface area contributed by atoms with Crippen LogP contribution in [-0.4, -0.2) is 46.0 Å². The van der Waals surface area contributed by atoms with E-state index in [-0.39, 0.29) is 6.42 Å². The van der Waals surface area contributed by atoms with Gasteiger partial charge in [0.05, 0.1) is 20.6 Å². The fourth-order valence-corrected chi connectivity index (χ4v) is 1.51. The summed E-state index contributed by atoms with van der Waals surface area (Å²) >= 11 is 0. The molecule has 0 aliphatic heterocycles. The van der Waals surface area contributed by atoms with E-state index in [2.05, 4.69) is 14.0 Å². The van der Waals surface area contributed by atoms with Gasteiger partial charge in [0, 0.05) is 13.8 Å². The third kappa shape index (κ3) is 5.25. The van der Waals surface area contributed by atoms with Crippen LogP contribution < -0.4 is 0 Å². The van der Waals surface area contributed by atoms with Crippen molar-refractivity contribution in [1.29, 1.82) is 0 Å². The lowest BCUT2D eigenvalue weighted by molar-refractivity contribution is -0.155. The van der Waals surface area contributed by atoms with E-state index in [0.717, 1.165) is 7.11 Å². The zero-order valence-corrected chi connectivity index (χ0v) is 10.5. The number of hydrogen-bond donors (Lipinski definition) is 0. The third-order valence-corrected chi connectivity index (χ3v) is 2.99. The lowest BCUT2D eigenvalue weighted by Crippen LogP contribution is -2.28. The highest BCUT2D eigenvalue weighted by molar-refractivity contribution is 7.53. The van der Waals surface area contributed by atoms with Crippen LogP contribution in [0, 0.1) is 0 Å². The van der Waals surface area contributed by atoms with Crippen molar-refractivity contribution in [3.05, 3.63) is 0 Å². The van der Waals surface area contributed by atoms with E-state index in [1.165, 1.54) is 20.9 Å². The molecule has 8 heteroatoms. The van der Waals surface area contributed by atoms with Gasteiger partial charge in [0.25, 0.3) is 0 Å². The Morgan fingerprint density at radius 2 is 1.75 bits per heavy atom. The van der Waals surface area contributed by atoms with Crippen molar-refractivity contribution in [1.82, 2.24) is 0 Å². The highest BCUT2D eigenvalue weighted by Crippen LogP contribution is 2.44. The Hall–Kier alpha value is -0.910. The summed E-state index contributed by atoms with van der Waals surface area (Å²) < 4.78 is 29.7. The van der Waals surface area contributed by atoms with Crippen LogP contribution in [0.2, 0.25) is 0 Å². The molecule has 0 aliphatic carbocycles. The van der Waals surface area contributed by atoms with Crippen molar-refractivity contribution in [2.75, 3.05) is 28.0 Å². The molecule has 2 atom stereocenters. The van der Waals surface area contributed by atoms with E-state index >= 15 is 0 Å². The van der Waals surface area contributed by atoms with Crippen LogP contribution >= 0.6 is 7.60 Å². The topological polar surface area (TPSA) is 88.1 Å². The Labute approximate surface area is 93.5 Å². The highest BCUT2D eigenvalue weighted by atomic mass is 31.2. The van der Waals surface area contributed by atoms with Gasteiger partial charge in [0.1, 0.15) is 0 Å². The number of carbonyl (C=O) groups is 2. The summed E-state index contributed by atoms with van der Waals surface area (Å²) in [6, 6.07) is 0. The molecular formula is C8H15O7P. The van der Waals surface area contributed by atoms with Gasteiger partial charge in [-0.15, -0.1) is 0 Å². The summed E-state index contributed by atoms with van der Waals surface area (Å²) in [5, 5.41) is 0. The molecule has 0 amide bonds. The highest BCUT2D eigenvalue weighted by Gasteiger charge is 2.30. The summed E-state index contributed by atoms with van der Waals surface area (Å²) in [4.78, 5) is 22.2. The standard InChI is InChI=1S/C8H15O7P/c1-12-7(9)5-6(8(10)13-2)15-16(4,11)14-3/h6H,5H2,1-4H3. The van der Waals surface area contributed by atoms with Crippen LogP contribution in [-0.2, 0) is 32.7 Å². The van der Waals surface area contributed by atoms with Gasteiger partial charge < -0.3 is 14.0 Å². The Morgan fingerprint density at radius 3 is 2.12 bits per heavy atom. The molecule has 0 aromatic heterocycles. The van der Waals surface area contributed by atoms with Crippen LogP contribution in [0.3, 0.4) is 0 Å². The van der Waals surface area contributed by atoms with Gasteiger partial charge in [-0.05, 0) is 0 Å². The summed E-state index contributed by atoms with van der Waals surface area (Å²) in [6.07, 6.45) is -1.68. The second kappa shape index (κ2) is 6.62. The second-order valence-electron chi connectivity index (χ2n) is 2.85. The van der Waals surface area contributed by atoms with E-state index in [4.69, 9.17) is 4.52 Å². The molecule has 16 heavy (non-hydrogen) atoms. The molecule has 2 unspecified atom stereocenters. The molecule has 94 valence electrons. The van der Waals surface area contributed by atoms with E-state index < -0.39 is 25.6 Å².